The van der Waals surface area contributed by atoms with Crippen LogP contribution in [-0.2, 0) is 0 Å². The summed E-state index contributed by atoms with van der Waals surface area (Å²) in [7, 11) is 0. The Morgan fingerprint density at radius 2 is 2.00 bits per heavy atom. The molecule has 0 bridgehead atoms. The van der Waals surface area contributed by atoms with Gasteiger partial charge in [0.1, 0.15) is 12.0 Å². The average molecular weight is 173 g/mol. The predicted octanol–water partition coefficient (Wildman–Crippen LogP) is 1.65. The third-order valence-corrected chi connectivity index (χ3v) is 1.21. The predicted molar refractivity (Wildman–Crippen MR) is 40.6 cm³/mol. The normalized spacial score (nSPS) is 12.7. The van der Waals surface area contributed by atoms with Crippen LogP contribution in [0.1, 0.15) is 6.92 Å². The molecule has 1 rings (SSSR count). The van der Waals surface area contributed by atoms with Crippen molar-refractivity contribution in [1.82, 2.24) is 0 Å². The molecule has 0 aromatic heterocycles. The van der Waals surface area contributed by atoms with E-state index in [0.717, 1.165) is 12.1 Å². The highest BCUT2D eigenvalue weighted by atomic mass is 19.2. The van der Waals surface area contributed by atoms with Gasteiger partial charge in [-0.3, -0.25) is 5.73 Å². The van der Waals surface area contributed by atoms with Crippen LogP contribution in [0.25, 0.3) is 0 Å². The monoisotopic (exact) mass is 173 g/mol. The highest BCUT2D eigenvalue weighted by Gasteiger charge is 2.03. The van der Waals surface area contributed by atoms with Crippen molar-refractivity contribution in [3.63, 3.8) is 0 Å². The molecule has 1 atom stereocenters. The van der Waals surface area contributed by atoms with Crippen LogP contribution >= 0.6 is 0 Å². The third-order valence-electron chi connectivity index (χ3n) is 1.21. The van der Waals surface area contributed by atoms with Gasteiger partial charge in [0.25, 0.3) is 0 Å². The van der Waals surface area contributed by atoms with Gasteiger partial charge in [-0.1, -0.05) is 0 Å². The Morgan fingerprint density at radius 3 is 2.50 bits per heavy atom. The van der Waals surface area contributed by atoms with Crippen LogP contribution in [-0.4, -0.2) is 6.23 Å². The fraction of sp³-hybridized carbons (Fsp3) is 0.250. The van der Waals surface area contributed by atoms with E-state index in [1.807, 2.05) is 0 Å². The van der Waals surface area contributed by atoms with Crippen molar-refractivity contribution in [2.45, 2.75) is 13.2 Å². The van der Waals surface area contributed by atoms with Crippen LogP contribution in [0.4, 0.5) is 8.78 Å². The summed E-state index contributed by atoms with van der Waals surface area (Å²) >= 11 is 0. The average Bonchev–Trinajstić information content (AvgIpc) is 1.96. The third kappa shape index (κ3) is 2.17. The summed E-state index contributed by atoms with van der Waals surface area (Å²) in [5.74, 6) is -1.61. The fourth-order valence-corrected chi connectivity index (χ4v) is 0.765. The molecule has 4 heteroatoms. The quantitative estimate of drug-likeness (QED) is 0.690. The Balaban J connectivity index is 2.82. The second-order valence-electron chi connectivity index (χ2n) is 2.40. The highest BCUT2D eigenvalue weighted by molar-refractivity contribution is 5.23. The summed E-state index contributed by atoms with van der Waals surface area (Å²) in [5.41, 5.74) is 5.27. The molecule has 0 aliphatic rings. The Morgan fingerprint density at radius 1 is 1.33 bits per heavy atom. The van der Waals surface area contributed by atoms with Crippen molar-refractivity contribution >= 4 is 0 Å². The smallest absolute Gasteiger partial charge is 0.162 e. The molecule has 12 heavy (non-hydrogen) atoms. The minimum Gasteiger partial charge on any atom is -0.476 e. The second-order valence-corrected chi connectivity index (χ2v) is 2.40. The summed E-state index contributed by atoms with van der Waals surface area (Å²) in [4.78, 5) is 0. The van der Waals surface area contributed by atoms with Gasteiger partial charge >= 0.3 is 0 Å². The summed E-state index contributed by atoms with van der Waals surface area (Å²) in [6, 6.07) is 3.27. The van der Waals surface area contributed by atoms with Gasteiger partial charge in [-0.15, -0.1) is 0 Å². The van der Waals surface area contributed by atoms with Gasteiger partial charge in [0, 0.05) is 6.07 Å². The Kier molecular flexibility index (Phi) is 2.60. The molecule has 0 aliphatic carbocycles. The molecule has 0 saturated heterocycles. The number of hydrogen-bond acceptors (Lipinski definition) is 2. The standard InChI is InChI=1S/C8H9F2NO/c1-5(11)12-6-2-3-7(9)8(10)4-6/h2-5H,11H2,1H3. The molecule has 0 aliphatic heterocycles. The van der Waals surface area contributed by atoms with Crippen molar-refractivity contribution in [3.8, 4) is 5.75 Å². The van der Waals surface area contributed by atoms with Crippen LogP contribution in [0.2, 0.25) is 0 Å². The van der Waals surface area contributed by atoms with Gasteiger partial charge in [0.15, 0.2) is 11.6 Å². The van der Waals surface area contributed by atoms with Crippen LogP contribution < -0.4 is 10.5 Å². The van der Waals surface area contributed by atoms with Crippen molar-refractivity contribution in [2.24, 2.45) is 5.73 Å². The van der Waals surface area contributed by atoms with E-state index in [2.05, 4.69) is 0 Å². The number of benzene rings is 1. The molecule has 0 radical (unpaired) electrons. The second kappa shape index (κ2) is 3.49. The van der Waals surface area contributed by atoms with E-state index >= 15 is 0 Å². The summed E-state index contributed by atoms with van der Waals surface area (Å²) < 4.78 is 29.8. The first-order valence-electron chi connectivity index (χ1n) is 3.47. The molecule has 2 N–H and O–H groups in total. The van der Waals surface area contributed by atoms with Gasteiger partial charge in [-0.05, 0) is 19.1 Å². The molecule has 0 spiro atoms. The zero-order chi connectivity index (χ0) is 9.14. The zero-order valence-corrected chi connectivity index (χ0v) is 6.55. The van der Waals surface area contributed by atoms with Gasteiger partial charge in [0.2, 0.25) is 0 Å². The molecule has 1 aromatic rings. The van der Waals surface area contributed by atoms with Gasteiger partial charge in [0.05, 0.1) is 0 Å². The molecule has 1 aromatic carbocycles. The lowest BCUT2D eigenvalue weighted by atomic mass is 10.3. The Labute approximate surface area is 68.9 Å². The lowest BCUT2D eigenvalue weighted by Crippen LogP contribution is -2.22. The van der Waals surface area contributed by atoms with E-state index in [1.165, 1.54) is 6.07 Å². The first-order chi connectivity index (χ1) is 5.59. The minimum absolute atomic E-state index is 0.226. The molecule has 0 amide bonds. The number of halogens is 2. The van der Waals surface area contributed by atoms with E-state index in [4.69, 9.17) is 10.5 Å². The van der Waals surface area contributed by atoms with E-state index in [9.17, 15) is 8.78 Å². The van der Waals surface area contributed by atoms with Crippen molar-refractivity contribution in [2.75, 3.05) is 0 Å². The molecule has 0 fully saturated rings. The minimum atomic E-state index is -0.937. The van der Waals surface area contributed by atoms with E-state index in [0.29, 0.717) is 0 Å². The van der Waals surface area contributed by atoms with Gasteiger partial charge in [-0.2, -0.15) is 0 Å². The number of rotatable bonds is 2. The maximum atomic E-state index is 12.5. The molecule has 0 heterocycles. The molecule has 1 unspecified atom stereocenters. The van der Waals surface area contributed by atoms with Crippen LogP contribution in [0.3, 0.4) is 0 Å². The molecular weight excluding hydrogens is 164 g/mol. The first-order valence-corrected chi connectivity index (χ1v) is 3.47. The number of hydrogen-bond donors (Lipinski definition) is 1. The number of nitrogens with two attached hydrogens (primary N) is 1. The molecule has 2 nitrogen and oxygen atoms in total. The number of ether oxygens (including phenoxy) is 1. The van der Waals surface area contributed by atoms with E-state index in [1.54, 1.807) is 6.92 Å². The zero-order valence-electron chi connectivity index (χ0n) is 6.55. The fourth-order valence-electron chi connectivity index (χ4n) is 0.765. The molecule has 0 saturated carbocycles. The Hall–Kier alpha value is -1.16. The van der Waals surface area contributed by atoms with Crippen LogP contribution in [0.15, 0.2) is 18.2 Å². The maximum Gasteiger partial charge on any atom is 0.162 e. The maximum absolute atomic E-state index is 12.5. The summed E-state index contributed by atoms with van der Waals surface area (Å²) in [6.07, 6.45) is -0.533. The first kappa shape index (κ1) is 8.93. The summed E-state index contributed by atoms with van der Waals surface area (Å²) in [5, 5.41) is 0. The largest absolute Gasteiger partial charge is 0.476 e. The van der Waals surface area contributed by atoms with E-state index in [-0.39, 0.29) is 5.75 Å². The van der Waals surface area contributed by atoms with Crippen LogP contribution in [0.5, 0.6) is 5.75 Å². The lowest BCUT2D eigenvalue weighted by molar-refractivity contribution is 0.228. The highest BCUT2D eigenvalue weighted by Crippen LogP contribution is 2.15. The SMILES string of the molecule is CC(N)Oc1ccc(F)c(F)c1. The Bertz CT molecular complexity index is 276. The topological polar surface area (TPSA) is 35.2 Å². The molecular formula is C8H9F2NO. The van der Waals surface area contributed by atoms with Crippen molar-refractivity contribution in [3.05, 3.63) is 29.8 Å². The van der Waals surface area contributed by atoms with E-state index < -0.39 is 17.9 Å². The van der Waals surface area contributed by atoms with Crippen molar-refractivity contribution < 1.29 is 13.5 Å². The van der Waals surface area contributed by atoms with Crippen LogP contribution in [0, 0.1) is 11.6 Å². The van der Waals surface area contributed by atoms with Crippen molar-refractivity contribution in [1.29, 1.82) is 0 Å². The summed E-state index contributed by atoms with van der Waals surface area (Å²) in [6.45, 7) is 1.60. The lowest BCUT2D eigenvalue weighted by Gasteiger charge is -2.08. The van der Waals surface area contributed by atoms with Gasteiger partial charge < -0.3 is 4.74 Å². The van der Waals surface area contributed by atoms with Gasteiger partial charge in [-0.25, -0.2) is 8.78 Å². The molecule has 66 valence electrons.